The molecule has 6 heteroatoms. The molecule has 6 nitrogen and oxygen atoms in total. The van der Waals surface area contributed by atoms with Crippen LogP contribution in [0.3, 0.4) is 0 Å². The van der Waals surface area contributed by atoms with Crippen molar-refractivity contribution >= 4 is 12.2 Å². The lowest BCUT2D eigenvalue weighted by atomic mass is 9.92. The Balaban J connectivity index is 1.76. The summed E-state index contributed by atoms with van der Waals surface area (Å²) >= 11 is 0. The number of hydrogen-bond acceptors (Lipinski definition) is 5. The molecule has 2 saturated heterocycles. The Kier molecular flexibility index (Phi) is 3.88. The topological polar surface area (TPSA) is 65.1 Å². The second-order valence-corrected chi connectivity index (χ2v) is 5.87. The number of hydrogen-bond donors (Lipinski definition) is 0. The predicted molar refractivity (Wildman–Crippen MR) is 77.3 cm³/mol. The Morgan fingerprint density at radius 2 is 2.09 bits per heavy atom. The molecule has 1 amide bonds. The van der Waals surface area contributed by atoms with Crippen LogP contribution >= 0.6 is 0 Å². The normalized spacial score (nSPS) is 30.0. The average molecular weight is 305 g/mol. The highest BCUT2D eigenvalue weighted by atomic mass is 16.7. The van der Waals surface area contributed by atoms with Gasteiger partial charge in [0, 0.05) is 0 Å². The zero-order valence-corrected chi connectivity index (χ0v) is 12.6. The summed E-state index contributed by atoms with van der Waals surface area (Å²) in [6.07, 6.45) is -0.240. The first-order chi connectivity index (χ1) is 10.5. The van der Waals surface area contributed by atoms with Crippen LogP contribution in [0.2, 0.25) is 0 Å². The van der Waals surface area contributed by atoms with Crippen LogP contribution in [0.4, 0.5) is 0 Å². The minimum Gasteiger partial charge on any atom is -0.478 e. The fourth-order valence-electron chi connectivity index (χ4n) is 2.87. The Bertz CT molecular complexity index is 559. The van der Waals surface area contributed by atoms with Crippen molar-refractivity contribution in [2.24, 2.45) is 0 Å². The van der Waals surface area contributed by atoms with E-state index in [0.717, 1.165) is 0 Å². The highest BCUT2D eigenvalue weighted by Crippen LogP contribution is 2.34. The molecule has 0 N–H and O–H groups in total. The van der Waals surface area contributed by atoms with Gasteiger partial charge in [-0.1, -0.05) is 18.2 Å². The van der Waals surface area contributed by atoms with Crippen LogP contribution < -0.4 is 4.74 Å². The van der Waals surface area contributed by atoms with Crippen molar-refractivity contribution in [3.05, 3.63) is 30.3 Å². The number of para-hydroxylation sites is 1. The van der Waals surface area contributed by atoms with Crippen molar-refractivity contribution in [2.45, 2.75) is 37.9 Å². The van der Waals surface area contributed by atoms with Crippen LogP contribution in [0.5, 0.6) is 5.75 Å². The van der Waals surface area contributed by atoms with E-state index >= 15 is 0 Å². The molecule has 0 aromatic heterocycles. The third-order valence-electron chi connectivity index (χ3n) is 3.89. The van der Waals surface area contributed by atoms with Crippen LogP contribution in [-0.2, 0) is 19.1 Å². The maximum Gasteiger partial charge on any atom is 0.266 e. The first kappa shape index (κ1) is 15.0. The quantitative estimate of drug-likeness (QED) is 0.600. The second kappa shape index (κ2) is 5.70. The van der Waals surface area contributed by atoms with Crippen molar-refractivity contribution in [1.82, 2.24) is 4.90 Å². The molecular formula is C16H19NO5. The number of likely N-dealkylation sites (tertiary alicyclic amines) is 1. The minimum absolute atomic E-state index is 0.0401. The van der Waals surface area contributed by atoms with Crippen LogP contribution in [0.15, 0.2) is 30.3 Å². The van der Waals surface area contributed by atoms with E-state index in [1.165, 1.54) is 4.90 Å². The molecular weight excluding hydrogens is 286 g/mol. The molecule has 2 aliphatic rings. The molecule has 1 aromatic rings. The van der Waals surface area contributed by atoms with Gasteiger partial charge in [0.25, 0.3) is 5.91 Å². The molecule has 1 aromatic carbocycles. The van der Waals surface area contributed by atoms with E-state index in [2.05, 4.69) is 0 Å². The molecule has 0 aliphatic carbocycles. The van der Waals surface area contributed by atoms with E-state index < -0.39 is 11.9 Å². The number of nitrogens with zero attached hydrogens (tertiary/aromatic N) is 1. The summed E-state index contributed by atoms with van der Waals surface area (Å²) in [5.41, 5.74) is 0. The lowest BCUT2D eigenvalue weighted by molar-refractivity contribution is -0.185. The van der Waals surface area contributed by atoms with Crippen molar-refractivity contribution < 1.29 is 23.8 Å². The Labute approximate surface area is 128 Å². The number of carbonyl (C=O) groups is 2. The van der Waals surface area contributed by atoms with Gasteiger partial charge < -0.3 is 23.9 Å². The highest BCUT2D eigenvalue weighted by Gasteiger charge is 2.56. The zero-order valence-electron chi connectivity index (χ0n) is 12.6. The number of carbonyl (C=O) groups excluding carboxylic acids is 2. The highest BCUT2D eigenvalue weighted by molar-refractivity contribution is 5.90. The van der Waals surface area contributed by atoms with E-state index in [0.29, 0.717) is 18.6 Å². The van der Waals surface area contributed by atoms with Crippen LogP contribution in [0.25, 0.3) is 0 Å². The van der Waals surface area contributed by atoms with Crippen molar-refractivity contribution in [3.8, 4) is 5.75 Å². The summed E-state index contributed by atoms with van der Waals surface area (Å²) < 4.78 is 17.2. The Hall–Kier alpha value is -1.92. The van der Waals surface area contributed by atoms with Gasteiger partial charge in [0.15, 0.2) is 11.9 Å². The fourth-order valence-corrected chi connectivity index (χ4v) is 2.87. The van der Waals surface area contributed by atoms with Gasteiger partial charge in [-0.25, -0.2) is 0 Å². The van der Waals surface area contributed by atoms with Gasteiger partial charge in [0.2, 0.25) is 0 Å². The monoisotopic (exact) mass is 305 g/mol. The molecule has 0 spiro atoms. The first-order valence-corrected chi connectivity index (χ1v) is 7.29. The molecule has 0 unspecified atom stereocenters. The molecule has 2 heterocycles. The first-order valence-electron chi connectivity index (χ1n) is 7.29. The van der Waals surface area contributed by atoms with Gasteiger partial charge in [-0.3, -0.25) is 4.79 Å². The van der Waals surface area contributed by atoms with Gasteiger partial charge in [-0.05, 0) is 26.0 Å². The van der Waals surface area contributed by atoms with Crippen LogP contribution in [0.1, 0.15) is 13.8 Å². The second-order valence-electron chi connectivity index (χ2n) is 5.87. The van der Waals surface area contributed by atoms with Crippen molar-refractivity contribution in [3.63, 3.8) is 0 Å². The van der Waals surface area contributed by atoms with E-state index in [4.69, 9.17) is 14.2 Å². The molecule has 2 fully saturated rings. The SMILES string of the molecule is CC1(C)OC[C@H]([C@H]2[C@@H](Oc3ccccc3)C(=O)N2CC=O)O1. The third-order valence-corrected chi connectivity index (χ3v) is 3.89. The number of β-lactam (4-membered cyclic amide) rings is 1. The summed E-state index contributed by atoms with van der Waals surface area (Å²) in [6.45, 7) is 4.06. The molecule has 22 heavy (non-hydrogen) atoms. The van der Waals surface area contributed by atoms with Crippen LogP contribution in [-0.4, -0.2) is 54.3 Å². The van der Waals surface area contributed by atoms with Crippen molar-refractivity contribution in [1.29, 1.82) is 0 Å². The molecule has 3 atom stereocenters. The Morgan fingerprint density at radius 3 is 2.68 bits per heavy atom. The van der Waals surface area contributed by atoms with Gasteiger partial charge in [-0.2, -0.15) is 0 Å². The van der Waals surface area contributed by atoms with Gasteiger partial charge in [0.1, 0.15) is 24.2 Å². The number of ether oxygens (including phenoxy) is 3. The summed E-state index contributed by atoms with van der Waals surface area (Å²) in [4.78, 5) is 24.5. The molecule has 0 radical (unpaired) electrons. The smallest absolute Gasteiger partial charge is 0.266 e. The van der Waals surface area contributed by atoms with E-state index in [1.54, 1.807) is 12.1 Å². The third kappa shape index (κ3) is 2.71. The number of amides is 1. The Morgan fingerprint density at radius 1 is 1.36 bits per heavy atom. The lowest BCUT2D eigenvalue weighted by Crippen LogP contribution is -2.71. The minimum atomic E-state index is -0.687. The molecule has 2 aliphatic heterocycles. The van der Waals surface area contributed by atoms with E-state index in [1.807, 2.05) is 32.0 Å². The number of aldehydes is 1. The molecule has 3 rings (SSSR count). The predicted octanol–water partition coefficient (Wildman–Crippen LogP) is 0.995. The number of rotatable bonds is 5. The number of benzene rings is 1. The standard InChI is InChI=1S/C16H19NO5/c1-16(2)20-10-12(22-16)13-14(15(19)17(13)8-9-18)21-11-6-4-3-5-7-11/h3-7,9,12-14H,8,10H2,1-2H3/t12-,13+,14-/m1/s1. The van der Waals surface area contributed by atoms with Gasteiger partial charge >= 0.3 is 0 Å². The van der Waals surface area contributed by atoms with Crippen LogP contribution in [0, 0.1) is 0 Å². The van der Waals surface area contributed by atoms with Crippen molar-refractivity contribution in [2.75, 3.05) is 13.2 Å². The largest absolute Gasteiger partial charge is 0.478 e. The zero-order chi connectivity index (χ0) is 15.7. The summed E-state index contributed by atoms with van der Waals surface area (Å²) in [6, 6.07) is 8.83. The maximum atomic E-state index is 12.2. The summed E-state index contributed by atoms with van der Waals surface area (Å²) in [5.74, 6) is -0.267. The molecule has 118 valence electrons. The van der Waals surface area contributed by atoms with E-state index in [-0.39, 0.29) is 24.6 Å². The fraction of sp³-hybridized carbons (Fsp3) is 0.500. The summed E-state index contributed by atoms with van der Waals surface area (Å²) in [7, 11) is 0. The average Bonchev–Trinajstić information content (AvgIpc) is 2.86. The maximum absolute atomic E-state index is 12.2. The molecule has 0 saturated carbocycles. The summed E-state index contributed by atoms with van der Waals surface area (Å²) in [5, 5.41) is 0. The van der Waals surface area contributed by atoms with Gasteiger partial charge in [0.05, 0.1) is 13.2 Å². The molecule has 0 bridgehead atoms. The van der Waals surface area contributed by atoms with Gasteiger partial charge in [-0.15, -0.1) is 0 Å². The lowest BCUT2D eigenvalue weighted by Gasteiger charge is -2.47. The van der Waals surface area contributed by atoms with E-state index in [9.17, 15) is 9.59 Å².